The van der Waals surface area contributed by atoms with Gasteiger partial charge in [-0.15, -0.1) is 0 Å². The first-order valence-corrected chi connectivity index (χ1v) is 11.7. The summed E-state index contributed by atoms with van der Waals surface area (Å²) in [6.07, 6.45) is 4.94. The average Bonchev–Trinajstić information content (AvgIpc) is 3.47. The lowest BCUT2D eigenvalue weighted by Gasteiger charge is -2.14. The minimum absolute atomic E-state index is 0.226. The van der Waals surface area contributed by atoms with Crippen LogP contribution in [0.4, 0.5) is 5.69 Å². The Morgan fingerprint density at radius 3 is 2.51 bits per heavy atom. The highest BCUT2D eigenvalue weighted by atomic mass is 16.5. The van der Waals surface area contributed by atoms with Gasteiger partial charge in [-0.25, -0.2) is 0 Å². The van der Waals surface area contributed by atoms with E-state index in [9.17, 15) is 9.59 Å². The summed E-state index contributed by atoms with van der Waals surface area (Å²) in [5.41, 5.74) is 4.63. The number of nitrogens with zero attached hydrogens (tertiary/aromatic N) is 4. The molecule has 10 nitrogen and oxygen atoms in total. The van der Waals surface area contributed by atoms with Crippen LogP contribution in [0, 0.1) is 13.8 Å². The van der Waals surface area contributed by atoms with Gasteiger partial charge in [-0.1, -0.05) is 12.1 Å². The van der Waals surface area contributed by atoms with Crippen molar-refractivity contribution in [1.82, 2.24) is 24.9 Å². The molecular weight excluding hydrogens is 472 g/mol. The first-order chi connectivity index (χ1) is 17.7. The summed E-state index contributed by atoms with van der Waals surface area (Å²) < 4.78 is 14.6. The van der Waals surface area contributed by atoms with Gasteiger partial charge in [-0.3, -0.25) is 19.0 Å². The lowest BCUT2D eigenvalue weighted by molar-refractivity contribution is 0.0942. The smallest absolute Gasteiger partial charge is 0.271 e. The van der Waals surface area contributed by atoms with E-state index in [1.54, 1.807) is 50.3 Å². The van der Waals surface area contributed by atoms with E-state index < -0.39 is 0 Å². The molecule has 4 aromatic rings. The zero-order valence-electron chi connectivity index (χ0n) is 21.5. The van der Waals surface area contributed by atoms with Gasteiger partial charge in [0.25, 0.3) is 11.8 Å². The number of carbonyl (C=O) groups is 2. The van der Waals surface area contributed by atoms with Crippen molar-refractivity contribution in [2.24, 2.45) is 14.1 Å². The van der Waals surface area contributed by atoms with Crippen LogP contribution >= 0.6 is 0 Å². The third-order valence-electron chi connectivity index (χ3n) is 5.88. The molecule has 192 valence electrons. The summed E-state index contributed by atoms with van der Waals surface area (Å²) in [7, 11) is 5.02. The van der Waals surface area contributed by atoms with Crippen LogP contribution < -0.4 is 20.1 Å². The molecule has 0 atom stereocenters. The summed E-state index contributed by atoms with van der Waals surface area (Å²) in [6.45, 7) is 4.51. The number of hydrogen-bond donors (Lipinski definition) is 2. The Kier molecular flexibility index (Phi) is 7.57. The van der Waals surface area contributed by atoms with E-state index in [1.807, 2.05) is 38.2 Å². The summed E-state index contributed by atoms with van der Waals surface area (Å²) >= 11 is 0. The molecule has 2 amide bonds. The van der Waals surface area contributed by atoms with Crippen molar-refractivity contribution in [3.8, 4) is 11.5 Å². The molecule has 37 heavy (non-hydrogen) atoms. The highest BCUT2D eigenvalue weighted by Gasteiger charge is 2.20. The fourth-order valence-electron chi connectivity index (χ4n) is 3.87. The predicted octanol–water partition coefficient (Wildman–Crippen LogP) is 3.54. The Hall–Kier alpha value is -4.60. The molecule has 0 aliphatic rings. The van der Waals surface area contributed by atoms with Gasteiger partial charge >= 0.3 is 0 Å². The van der Waals surface area contributed by atoms with Crippen LogP contribution in [0.15, 0.2) is 55.0 Å². The van der Waals surface area contributed by atoms with Gasteiger partial charge < -0.3 is 20.1 Å². The number of rotatable bonds is 9. The van der Waals surface area contributed by atoms with E-state index >= 15 is 0 Å². The highest BCUT2D eigenvalue weighted by molar-refractivity contribution is 6.08. The molecule has 0 unspecified atom stereocenters. The quantitative estimate of drug-likeness (QED) is 0.362. The van der Waals surface area contributed by atoms with Crippen LogP contribution in [0.25, 0.3) is 0 Å². The maximum atomic E-state index is 13.1. The number of anilines is 1. The number of amides is 2. The lowest BCUT2D eigenvalue weighted by atomic mass is 10.1. The van der Waals surface area contributed by atoms with Crippen LogP contribution in [0.3, 0.4) is 0 Å². The van der Waals surface area contributed by atoms with Gasteiger partial charge in [0.2, 0.25) is 0 Å². The van der Waals surface area contributed by atoms with E-state index in [-0.39, 0.29) is 24.1 Å². The van der Waals surface area contributed by atoms with Crippen molar-refractivity contribution in [3.63, 3.8) is 0 Å². The first-order valence-electron chi connectivity index (χ1n) is 11.7. The zero-order valence-corrected chi connectivity index (χ0v) is 21.5. The molecule has 0 spiro atoms. The standard InChI is InChI=1S/C27H30N6O4/c1-17-6-7-18(2)24(10-17)37-16-21-11-20(8-9-23(21)36-5)26(34)31-22-14-30-33(4)25(22)27(35)28-12-19-13-29-32(3)15-19/h6-11,13-15H,12,16H2,1-5H3,(H,28,35)(H,31,34). The Morgan fingerprint density at radius 1 is 0.973 bits per heavy atom. The second-order valence-electron chi connectivity index (χ2n) is 8.77. The van der Waals surface area contributed by atoms with E-state index in [2.05, 4.69) is 20.8 Å². The normalized spacial score (nSPS) is 10.7. The molecule has 0 aliphatic heterocycles. The van der Waals surface area contributed by atoms with Crippen molar-refractivity contribution in [2.45, 2.75) is 27.0 Å². The van der Waals surface area contributed by atoms with Gasteiger partial charge in [-0.2, -0.15) is 10.2 Å². The van der Waals surface area contributed by atoms with E-state index in [4.69, 9.17) is 9.47 Å². The lowest BCUT2D eigenvalue weighted by Crippen LogP contribution is -2.26. The molecule has 0 saturated heterocycles. The van der Waals surface area contributed by atoms with Crippen molar-refractivity contribution >= 4 is 17.5 Å². The molecule has 0 saturated carbocycles. The number of aryl methyl sites for hydroxylation is 4. The Bertz CT molecular complexity index is 1440. The van der Waals surface area contributed by atoms with E-state index in [0.717, 1.165) is 28.0 Å². The maximum absolute atomic E-state index is 13.1. The van der Waals surface area contributed by atoms with Gasteiger partial charge in [0.05, 0.1) is 25.2 Å². The largest absolute Gasteiger partial charge is 0.496 e. The number of ether oxygens (including phenoxy) is 2. The SMILES string of the molecule is COc1ccc(C(=O)Nc2cnn(C)c2C(=O)NCc2cnn(C)c2)cc1COc1cc(C)ccc1C. The van der Waals surface area contributed by atoms with Crippen molar-refractivity contribution in [2.75, 3.05) is 12.4 Å². The Balaban J connectivity index is 1.48. The number of benzene rings is 2. The fraction of sp³-hybridized carbons (Fsp3) is 0.259. The highest BCUT2D eigenvalue weighted by Crippen LogP contribution is 2.25. The summed E-state index contributed by atoms with van der Waals surface area (Å²) in [5.74, 6) is 0.634. The molecule has 2 aromatic carbocycles. The van der Waals surface area contributed by atoms with Crippen LogP contribution in [-0.2, 0) is 27.2 Å². The van der Waals surface area contributed by atoms with Crippen LogP contribution in [0.2, 0.25) is 0 Å². The first kappa shape index (κ1) is 25.5. The topological polar surface area (TPSA) is 112 Å². The average molecular weight is 503 g/mol. The van der Waals surface area contributed by atoms with Gasteiger partial charge in [0, 0.05) is 43.5 Å². The molecule has 2 aromatic heterocycles. The minimum atomic E-state index is -0.384. The summed E-state index contributed by atoms with van der Waals surface area (Å²) in [4.78, 5) is 26.0. The van der Waals surface area contributed by atoms with E-state index in [0.29, 0.717) is 23.5 Å². The van der Waals surface area contributed by atoms with Crippen molar-refractivity contribution in [3.05, 3.63) is 88.5 Å². The van der Waals surface area contributed by atoms with Crippen LogP contribution in [0.1, 0.15) is 43.1 Å². The second kappa shape index (κ2) is 11.0. The third kappa shape index (κ3) is 5.97. The van der Waals surface area contributed by atoms with Crippen LogP contribution in [0.5, 0.6) is 11.5 Å². The maximum Gasteiger partial charge on any atom is 0.271 e. The summed E-state index contributed by atoms with van der Waals surface area (Å²) in [6, 6.07) is 11.1. The number of aromatic nitrogens is 4. The zero-order chi connectivity index (χ0) is 26.5. The molecule has 10 heteroatoms. The van der Waals surface area contributed by atoms with Crippen molar-refractivity contribution < 1.29 is 19.1 Å². The fourth-order valence-corrected chi connectivity index (χ4v) is 3.87. The molecule has 0 bridgehead atoms. The molecule has 2 heterocycles. The molecule has 2 N–H and O–H groups in total. The van der Waals surface area contributed by atoms with Crippen LogP contribution in [-0.4, -0.2) is 38.5 Å². The van der Waals surface area contributed by atoms with Crippen molar-refractivity contribution in [1.29, 1.82) is 0 Å². The molecule has 0 fully saturated rings. The third-order valence-corrected chi connectivity index (χ3v) is 5.88. The Labute approximate surface area is 215 Å². The monoisotopic (exact) mass is 502 g/mol. The second-order valence-corrected chi connectivity index (χ2v) is 8.77. The van der Waals surface area contributed by atoms with Gasteiger partial charge in [0.15, 0.2) is 0 Å². The number of carbonyl (C=O) groups excluding carboxylic acids is 2. The number of nitrogens with one attached hydrogen (secondary N) is 2. The molecule has 4 rings (SSSR count). The van der Waals surface area contributed by atoms with Gasteiger partial charge in [-0.05, 0) is 49.2 Å². The molecule has 0 aliphatic carbocycles. The molecule has 0 radical (unpaired) electrons. The van der Waals surface area contributed by atoms with E-state index in [1.165, 1.54) is 10.9 Å². The molecular formula is C27H30N6O4. The van der Waals surface area contributed by atoms with Gasteiger partial charge in [0.1, 0.15) is 23.8 Å². The predicted molar refractivity (Wildman–Crippen MR) is 139 cm³/mol. The summed E-state index contributed by atoms with van der Waals surface area (Å²) in [5, 5.41) is 13.9. The number of methoxy groups -OCH3 is 1. The number of hydrogen-bond acceptors (Lipinski definition) is 6. The Morgan fingerprint density at radius 2 is 1.78 bits per heavy atom. The minimum Gasteiger partial charge on any atom is -0.496 e.